The number of anilines is 1. The lowest BCUT2D eigenvalue weighted by Gasteiger charge is -2.21. The fraction of sp³-hybridized carbons (Fsp3) is 0.200. The Balaban J connectivity index is 1.98. The van der Waals surface area contributed by atoms with Crippen molar-refractivity contribution in [2.75, 3.05) is 18.9 Å². The Hall–Kier alpha value is -2.25. The number of benzene rings is 1. The Kier molecular flexibility index (Phi) is 5.84. The average molecular weight is 351 g/mol. The number of pyridine rings is 1. The van der Waals surface area contributed by atoms with E-state index >= 15 is 0 Å². The molecule has 2 rings (SSSR count). The first-order valence-corrected chi connectivity index (χ1v) is 7.62. The van der Waals surface area contributed by atoms with Crippen LogP contribution in [-0.4, -0.2) is 33.5 Å². The van der Waals surface area contributed by atoms with Gasteiger partial charge in [0.15, 0.2) is 5.11 Å². The van der Waals surface area contributed by atoms with E-state index < -0.39 is 4.92 Å². The fourth-order valence-electron chi connectivity index (χ4n) is 1.86. The molecule has 0 atom stereocenters. The largest absolute Gasteiger partial charge is 0.352 e. The van der Waals surface area contributed by atoms with Crippen LogP contribution in [0.3, 0.4) is 0 Å². The number of thiocarbonyl (C=S) groups is 1. The van der Waals surface area contributed by atoms with E-state index in [2.05, 4.69) is 10.3 Å². The van der Waals surface area contributed by atoms with Crippen LogP contribution in [0.5, 0.6) is 0 Å². The van der Waals surface area contributed by atoms with E-state index in [4.69, 9.17) is 23.8 Å². The second-order valence-corrected chi connectivity index (χ2v) is 5.64. The van der Waals surface area contributed by atoms with Crippen LogP contribution in [-0.2, 0) is 6.42 Å². The van der Waals surface area contributed by atoms with Gasteiger partial charge in [0, 0.05) is 44.0 Å². The maximum absolute atomic E-state index is 10.8. The van der Waals surface area contributed by atoms with E-state index in [1.165, 1.54) is 18.2 Å². The lowest BCUT2D eigenvalue weighted by atomic mass is 10.2. The SMILES string of the molecule is CN(CCc1ccccn1)C(=S)Nc1cc([N+](=O)[O-])ccc1Cl. The van der Waals surface area contributed by atoms with Gasteiger partial charge in [-0.05, 0) is 30.4 Å². The van der Waals surface area contributed by atoms with Crippen LogP contribution in [0, 0.1) is 10.1 Å². The Morgan fingerprint density at radius 3 is 2.87 bits per heavy atom. The molecule has 0 radical (unpaired) electrons. The van der Waals surface area contributed by atoms with Gasteiger partial charge in [0.05, 0.1) is 15.6 Å². The van der Waals surface area contributed by atoms with Crippen molar-refractivity contribution in [2.45, 2.75) is 6.42 Å². The van der Waals surface area contributed by atoms with E-state index in [1.54, 1.807) is 6.20 Å². The lowest BCUT2D eigenvalue weighted by Crippen LogP contribution is -2.33. The second kappa shape index (κ2) is 7.85. The number of halogens is 1. The maximum atomic E-state index is 10.8. The highest BCUT2D eigenvalue weighted by Crippen LogP contribution is 2.26. The summed E-state index contributed by atoms with van der Waals surface area (Å²) in [7, 11) is 1.84. The van der Waals surface area contributed by atoms with Crippen molar-refractivity contribution in [1.82, 2.24) is 9.88 Å². The summed E-state index contributed by atoms with van der Waals surface area (Å²) < 4.78 is 0. The molecule has 120 valence electrons. The molecular weight excluding hydrogens is 336 g/mol. The monoisotopic (exact) mass is 350 g/mol. The third-order valence-corrected chi connectivity index (χ3v) is 3.92. The van der Waals surface area contributed by atoms with Gasteiger partial charge in [0.1, 0.15) is 0 Å². The lowest BCUT2D eigenvalue weighted by molar-refractivity contribution is -0.384. The van der Waals surface area contributed by atoms with Crippen LogP contribution in [0.1, 0.15) is 5.69 Å². The Morgan fingerprint density at radius 1 is 1.43 bits per heavy atom. The van der Waals surface area contributed by atoms with E-state index in [-0.39, 0.29) is 5.69 Å². The van der Waals surface area contributed by atoms with Gasteiger partial charge >= 0.3 is 0 Å². The van der Waals surface area contributed by atoms with Gasteiger partial charge in [-0.1, -0.05) is 17.7 Å². The number of hydrogen-bond acceptors (Lipinski definition) is 4. The number of likely N-dealkylation sites (N-methyl/N-ethyl adjacent to an activating group) is 1. The van der Waals surface area contributed by atoms with Gasteiger partial charge in [-0.25, -0.2) is 0 Å². The molecule has 1 heterocycles. The van der Waals surface area contributed by atoms with Gasteiger partial charge in [0.2, 0.25) is 0 Å². The highest BCUT2D eigenvalue weighted by molar-refractivity contribution is 7.80. The minimum absolute atomic E-state index is 0.0455. The number of aromatic nitrogens is 1. The summed E-state index contributed by atoms with van der Waals surface area (Å²) in [5.74, 6) is 0. The standard InChI is InChI=1S/C15H15ClN4O2S/c1-19(9-7-11-4-2-3-8-17-11)15(23)18-14-10-12(20(21)22)5-6-13(14)16/h2-6,8,10H,7,9H2,1H3,(H,18,23). The fourth-order valence-corrected chi connectivity index (χ4v) is 2.23. The first-order valence-electron chi connectivity index (χ1n) is 6.83. The van der Waals surface area contributed by atoms with Gasteiger partial charge in [-0.2, -0.15) is 0 Å². The van der Waals surface area contributed by atoms with Crippen molar-refractivity contribution >= 4 is 40.3 Å². The smallest absolute Gasteiger partial charge is 0.271 e. The molecule has 0 saturated heterocycles. The van der Waals surface area contributed by atoms with Crippen molar-refractivity contribution in [3.05, 3.63) is 63.4 Å². The minimum atomic E-state index is -0.477. The number of hydrogen-bond donors (Lipinski definition) is 1. The molecule has 0 aliphatic heterocycles. The summed E-state index contributed by atoms with van der Waals surface area (Å²) in [6.07, 6.45) is 2.48. The van der Waals surface area contributed by atoms with E-state index in [1.807, 2.05) is 30.1 Å². The molecule has 2 aromatic rings. The molecule has 0 unspecified atom stereocenters. The summed E-state index contributed by atoms with van der Waals surface area (Å²) >= 11 is 11.4. The summed E-state index contributed by atoms with van der Waals surface area (Å²) in [6, 6.07) is 9.92. The van der Waals surface area contributed by atoms with Crippen LogP contribution < -0.4 is 5.32 Å². The van der Waals surface area contributed by atoms with E-state index in [0.717, 1.165) is 12.1 Å². The molecule has 1 aromatic heterocycles. The van der Waals surface area contributed by atoms with Gasteiger partial charge < -0.3 is 10.2 Å². The Morgan fingerprint density at radius 2 is 2.22 bits per heavy atom. The maximum Gasteiger partial charge on any atom is 0.271 e. The van der Waals surface area contributed by atoms with Crippen molar-refractivity contribution in [3.63, 3.8) is 0 Å². The van der Waals surface area contributed by atoms with Crippen molar-refractivity contribution in [2.24, 2.45) is 0 Å². The number of nitrogens with one attached hydrogen (secondary N) is 1. The second-order valence-electron chi connectivity index (χ2n) is 4.84. The third-order valence-electron chi connectivity index (χ3n) is 3.18. The summed E-state index contributed by atoms with van der Waals surface area (Å²) in [5.41, 5.74) is 1.34. The number of nitro groups is 1. The Labute approximate surface area is 144 Å². The molecule has 0 fully saturated rings. The summed E-state index contributed by atoms with van der Waals surface area (Å²) in [4.78, 5) is 16.4. The van der Waals surface area contributed by atoms with Crippen LogP contribution in [0.25, 0.3) is 0 Å². The van der Waals surface area contributed by atoms with Crippen LogP contribution in [0.2, 0.25) is 5.02 Å². The molecule has 0 spiro atoms. The highest BCUT2D eigenvalue weighted by atomic mass is 35.5. The molecule has 1 aromatic carbocycles. The van der Waals surface area contributed by atoms with Gasteiger partial charge in [-0.15, -0.1) is 0 Å². The van der Waals surface area contributed by atoms with Crippen molar-refractivity contribution < 1.29 is 4.92 Å². The first kappa shape index (κ1) is 17.1. The molecule has 1 N–H and O–H groups in total. The molecular formula is C15H15ClN4O2S. The zero-order chi connectivity index (χ0) is 16.8. The number of non-ortho nitro benzene ring substituents is 1. The van der Waals surface area contributed by atoms with Crippen LogP contribution in [0.15, 0.2) is 42.6 Å². The van der Waals surface area contributed by atoms with Gasteiger partial charge in [0.25, 0.3) is 5.69 Å². The molecule has 0 aliphatic carbocycles. The first-order chi connectivity index (χ1) is 11.0. The zero-order valence-corrected chi connectivity index (χ0v) is 14.0. The van der Waals surface area contributed by atoms with E-state index in [9.17, 15) is 10.1 Å². The minimum Gasteiger partial charge on any atom is -0.352 e. The number of rotatable bonds is 5. The zero-order valence-electron chi connectivity index (χ0n) is 12.4. The van der Waals surface area contributed by atoms with E-state index in [0.29, 0.717) is 22.4 Å². The number of nitrogens with zero attached hydrogens (tertiary/aromatic N) is 3. The molecule has 0 saturated carbocycles. The molecule has 0 amide bonds. The van der Waals surface area contributed by atoms with Crippen LogP contribution in [0.4, 0.5) is 11.4 Å². The quantitative estimate of drug-likeness (QED) is 0.505. The third kappa shape index (κ3) is 4.87. The van der Waals surface area contributed by atoms with Crippen molar-refractivity contribution in [1.29, 1.82) is 0 Å². The summed E-state index contributed by atoms with van der Waals surface area (Å²) in [5, 5.41) is 14.6. The van der Waals surface area contributed by atoms with Gasteiger partial charge in [-0.3, -0.25) is 15.1 Å². The average Bonchev–Trinajstić information content (AvgIpc) is 2.55. The number of nitro benzene ring substituents is 1. The molecule has 0 aliphatic rings. The van der Waals surface area contributed by atoms with Crippen LogP contribution >= 0.6 is 23.8 Å². The molecule has 8 heteroatoms. The molecule has 6 nitrogen and oxygen atoms in total. The predicted octanol–water partition coefficient (Wildman–Crippen LogP) is 3.51. The molecule has 0 bridgehead atoms. The predicted molar refractivity (Wildman–Crippen MR) is 94.9 cm³/mol. The highest BCUT2D eigenvalue weighted by Gasteiger charge is 2.12. The molecule has 23 heavy (non-hydrogen) atoms. The normalized spacial score (nSPS) is 10.2. The summed E-state index contributed by atoms with van der Waals surface area (Å²) in [6.45, 7) is 0.662. The van der Waals surface area contributed by atoms with Crippen molar-refractivity contribution in [3.8, 4) is 0 Å². The topological polar surface area (TPSA) is 71.3 Å². The Bertz CT molecular complexity index is 712.